The molecule has 0 spiro atoms. The molecule has 0 rings (SSSR count). The van der Waals surface area contributed by atoms with Crippen molar-refractivity contribution in [2.75, 3.05) is 0 Å². The molecule has 0 saturated carbocycles. The second-order valence-electron chi connectivity index (χ2n) is 0.0816. The number of rotatable bonds is 0. The van der Waals surface area contributed by atoms with Crippen LogP contribution in [0.4, 0.5) is 0 Å². The van der Waals surface area contributed by atoms with E-state index in [0.29, 0.717) is 0 Å². The van der Waals surface area contributed by atoms with Gasteiger partial charge in [-0.05, 0) is 0 Å². The summed E-state index contributed by atoms with van der Waals surface area (Å²) in [6.07, 6.45) is 0. The number of hydrogen-bond acceptors (Lipinski definition) is 1. The molecule has 2 nitrogen and oxygen atoms in total. The van der Waals surface area contributed by atoms with Crippen molar-refractivity contribution in [2.24, 2.45) is 0 Å². The molecular formula is HO2PY. The fourth-order valence-corrected chi connectivity index (χ4v) is 0. The topological polar surface area (TPSA) is 37.3 Å². The minimum absolute atomic E-state index is 0. The maximum absolute atomic E-state index is 8.46. The Kier molecular flexibility index (Phi) is 19.9. The largest absolute Gasteiger partial charge is 0.324 e. The van der Waals surface area contributed by atoms with Gasteiger partial charge in [0, 0.05) is 32.7 Å². The second-order valence-corrected chi connectivity index (χ2v) is 0.245. The maximum Gasteiger partial charge on any atom is 0.324 e. The van der Waals surface area contributed by atoms with Crippen LogP contribution < -0.4 is 0 Å². The van der Waals surface area contributed by atoms with Gasteiger partial charge >= 0.3 is 8.69 Å². The van der Waals surface area contributed by atoms with Crippen LogP contribution in [0.2, 0.25) is 0 Å². The van der Waals surface area contributed by atoms with Gasteiger partial charge in [-0.2, -0.15) is 0 Å². The maximum atomic E-state index is 8.46. The summed E-state index contributed by atoms with van der Waals surface area (Å²) in [4.78, 5) is 6.99. The SMILES string of the molecule is O=PO.[Y]. The quantitative estimate of drug-likeness (QED) is 0.504. The molecule has 0 aliphatic rings. The van der Waals surface area contributed by atoms with Crippen molar-refractivity contribution in [3.8, 4) is 0 Å². The van der Waals surface area contributed by atoms with E-state index in [1.54, 1.807) is 0 Å². The van der Waals surface area contributed by atoms with Crippen LogP contribution in [0.1, 0.15) is 0 Å². The summed E-state index contributed by atoms with van der Waals surface area (Å²) in [5, 5.41) is 0. The molecule has 0 aliphatic carbocycles. The van der Waals surface area contributed by atoms with Gasteiger partial charge < -0.3 is 4.89 Å². The first-order chi connectivity index (χ1) is 1.41. The third-order valence-corrected chi connectivity index (χ3v) is 0. The third kappa shape index (κ3) is 10.9. The minimum Gasteiger partial charge on any atom is -0.310 e. The van der Waals surface area contributed by atoms with E-state index in [1.807, 2.05) is 0 Å². The van der Waals surface area contributed by atoms with Crippen molar-refractivity contribution in [2.45, 2.75) is 0 Å². The van der Waals surface area contributed by atoms with E-state index in [9.17, 15) is 0 Å². The van der Waals surface area contributed by atoms with Crippen LogP contribution in [0, 0.1) is 0 Å². The summed E-state index contributed by atoms with van der Waals surface area (Å²) in [7, 11) is -0.833. The van der Waals surface area contributed by atoms with Crippen LogP contribution in [-0.2, 0) is 37.3 Å². The molecule has 0 bridgehead atoms. The molecule has 0 aliphatic heterocycles. The molecule has 21 valence electrons. The van der Waals surface area contributed by atoms with Crippen LogP contribution in [0.3, 0.4) is 0 Å². The molecule has 0 unspecified atom stereocenters. The van der Waals surface area contributed by atoms with Crippen LogP contribution in [-0.4, -0.2) is 4.89 Å². The zero-order valence-corrected chi connectivity index (χ0v) is 5.61. The Morgan fingerprint density at radius 1 is 1.75 bits per heavy atom. The molecular weight excluding hydrogens is 152 g/mol. The van der Waals surface area contributed by atoms with Crippen LogP contribution in [0.15, 0.2) is 0 Å². The fraction of sp³-hybridized carbons (Fsp3) is 0. The average molecular weight is 153 g/mol. The van der Waals surface area contributed by atoms with E-state index in [-0.39, 0.29) is 32.7 Å². The Morgan fingerprint density at radius 2 is 1.75 bits per heavy atom. The molecule has 0 aromatic carbocycles. The molecule has 0 atom stereocenters. The van der Waals surface area contributed by atoms with Crippen molar-refractivity contribution < 1.29 is 42.2 Å². The zero-order chi connectivity index (χ0) is 2.71. The minimum atomic E-state index is -0.833. The van der Waals surface area contributed by atoms with Gasteiger partial charge in [0.05, 0.1) is 0 Å². The van der Waals surface area contributed by atoms with Gasteiger partial charge in [-0.1, -0.05) is 0 Å². The Morgan fingerprint density at radius 3 is 1.75 bits per heavy atom. The van der Waals surface area contributed by atoms with E-state index < -0.39 is 8.69 Å². The fourth-order valence-electron chi connectivity index (χ4n) is 0. The van der Waals surface area contributed by atoms with Crippen molar-refractivity contribution in [1.82, 2.24) is 0 Å². The normalized spacial score (nSPS) is 5.25. The molecule has 4 heteroatoms. The average Bonchev–Trinajstić information content (AvgIpc) is 0.918. The first-order valence-electron chi connectivity index (χ1n) is 0.383. The summed E-state index contributed by atoms with van der Waals surface area (Å²) in [6.45, 7) is 0. The molecule has 0 fully saturated rings. The molecule has 0 aromatic rings. The van der Waals surface area contributed by atoms with E-state index in [0.717, 1.165) is 0 Å². The molecule has 0 heterocycles. The Hall–Kier alpha value is 1.16. The first-order valence-corrected chi connectivity index (χ1v) is 1.15. The van der Waals surface area contributed by atoms with Gasteiger partial charge in [-0.15, -0.1) is 0 Å². The van der Waals surface area contributed by atoms with Crippen molar-refractivity contribution in [3.63, 3.8) is 0 Å². The van der Waals surface area contributed by atoms with Crippen molar-refractivity contribution >= 4 is 8.69 Å². The van der Waals surface area contributed by atoms with Crippen molar-refractivity contribution in [1.29, 1.82) is 0 Å². The third-order valence-electron chi connectivity index (χ3n) is 0. The van der Waals surface area contributed by atoms with E-state index >= 15 is 0 Å². The summed E-state index contributed by atoms with van der Waals surface area (Å²) < 4.78 is 8.46. The van der Waals surface area contributed by atoms with E-state index in [1.165, 1.54) is 0 Å². The summed E-state index contributed by atoms with van der Waals surface area (Å²) in [6, 6.07) is 0. The van der Waals surface area contributed by atoms with E-state index in [2.05, 4.69) is 0 Å². The molecule has 0 saturated heterocycles. The second kappa shape index (κ2) is 8.90. The van der Waals surface area contributed by atoms with Gasteiger partial charge in [-0.25, -0.2) is 4.57 Å². The van der Waals surface area contributed by atoms with Gasteiger partial charge in [0.15, 0.2) is 0 Å². The summed E-state index contributed by atoms with van der Waals surface area (Å²) in [5.74, 6) is 0. The summed E-state index contributed by atoms with van der Waals surface area (Å²) in [5.41, 5.74) is 0. The number of hydrogen-bond donors (Lipinski definition) is 1. The Labute approximate surface area is 50.8 Å². The van der Waals surface area contributed by atoms with Gasteiger partial charge in [0.2, 0.25) is 0 Å². The standard InChI is InChI=1S/HO2P.Y/c1-3-2;/h(H,1,2);. The predicted molar refractivity (Wildman–Crippen MR) is 9.83 cm³/mol. The first kappa shape index (κ1) is 8.94. The molecule has 1 radical (unpaired) electrons. The molecule has 0 amide bonds. The van der Waals surface area contributed by atoms with Crippen LogP contribution in [0.25, 0.3) is 0 Å². The summed E-state index contributed by atoms with van der Waals surface area (Å²) >= 11 is 0. The smallest absolute Gasteiger partial charge is 0.310 e. The van der Waals surface area contributed by atoms with Gasteiger partial charge in [0.25, 0.3) is 0 Å². The van der Waals surface area contributed by atoms with Crippen LogP contribution >= 0.6 is 8.69 Å². The molecule has 4 heavy (non-hydrogen) atoms. The van der Waals surface area contributed by atoms with Crippen LogP contribution in [0.5, 0.6) is 0 Å². The monoisotopic (exact) mass is 153 g/mol. The predicted octanol–water partition coefficient (Wildman–Crippen LogP) is 0.183. The Bertz CT molecular complexity index is 13.5. The van der Waals surface area contributed by atoms with Gasteiger partial charge in [0.1, 0.15) is 0 Å². The zero-order valence-electron chi connectivity index (χ0n) is 1.88. The molecule has 1 N–H and O–H groups in total. The van der Waals surface area contributed by atoms with Crippen molar-refractivity contribution in [3.05, 3.63) is 0 Å². The molecule has 0 aromatic heterocycles. The van der Waals surface area contributed by atoms with Gasteiger partial charge in [-0.3, -0.25) is 0 Å². The van der Waals surface area contributed by atoms with E-state index in [4.69, 9.17) is 9.46 Å². The Balaban J connectivity index is 0.